The van der Waals surface area contributed by atoms with Gasteiger partial charge in [0.05, 0.1) is 42.0 Å². The second kappa shape index (κ2) is 27.5. The van der Waals surface area contributed by atoms with E-state index in [0.717, 1.165) is 68.0 Å². The maximum atomic E-state index is 14.5. The van der Waals surface area contributed by atoms with Crippen molar-refractivity contribution in [3.05, 3.63) is 108 Å². The van der Waals surface area contributed by atoms with Gasteiger partial charge in [0.1, 0.15) is 66.1 Å². The Labute approximate surface area is 484 Å². The fraction of sp³-hybridized carbons (Fsp3) is 0.466. The van der Waals surface area contributed by atoms with Crippen molar-refractivity contribution in [2.24, 2.45) is 5.92 Å². The summed E-state index contributed by atoms with van der Waals surface area (Å²) in [5, 5.41) is 111. The van der Waals surface area contributed by atoms with Gasteiger partial charge in [0.2, 0.25) is 35.4 Å². The van der Waals surface area contributed by atoms with E-state index in [2.05, 4.69) is 21.3 Å². The van der Waals surface area contributed by atoms with Gasteiger partial charge >= 0.3 is 0 Å². The van der Waals surface area contributed by atoms with Gasteiger partial charge in [-0.1, -0.05) is 87.2 Å². The summed E-state index contributed by atoms with van der Waals surface area (Å²) >= 11 is 0. The summed E-state index contributed by atoms with van der Waals surface area (Å²) in [4.78, 5) is 102. The molecule has 0 aliphatic carbocycles. The molecule has 24 heteroatoms. The Balaban J connectivity index is 1.23. The highest BCUT2D eigenvalue weighted by atomic mass is 16.5. The van der Waals surface area contributed by atoms with Gasteiger partial charge in [-0.25, -0.2) is 0 Å². The van der Waals surface area contributed by atoms with Crippen LogP contribution in [0.5, 0.6) is 11.5 Å². The number of aliphatic hydroxyl groups is 8. The number of benzene rings is 4. The van der Waals surface area contributed by atoms with Crippen LogP contribution >= 0.6 is 0 Å². The van der Waals surface area contributed by atoms with Crippen molar-refractivity contribution < 1.29 is 95.2 Å². The number of unbranched alkanes of at least 4 members (excludes halogenated alkanes) is 2. The standard InChI is InChI=1S/C58H73N7O17/c1-5-6-7-24-82-40-22-18-35(19-23-40)33-10-8-32(9-11-33)34-12-14-37(15-13-34)51(74)59-41-26-43(70)54(77)63-56(79)47-48(71)29(2)27-65(47)58(81)45(31(4)67)61-55(78)46(50(73)49(72)36-16-20-38(68)21-17-36)62-53(76)42-25-39(69)28-64(42)57(80)44(30(3)66)60-52(41)75/h8-23,29-31,39,41-50,54,66-73,77H,5-7,24-28H2,1-4H3,(H,59,74)(H,60,75)(H,61,78)(H,62,76)(H,63,79)/t29-,30+,31+,39+,41-,42?,43+,44-,45?,46?,47-,48-,49-,50-,54+/m0/s1/i8D,9D,10D,11D,18D,19D,22D,23D. The molecule has 82 heavy (non-hydrogen) atoms. The van der Waals surface area contributed by atoms with E-state index in [4.69, 9.17) is 15.7 Å². The lowest BCUT2D eigenvalue weighted by Crippen LogP contribution is -2.64. The second-order valence-electron chi connectivity index (χ2n) is 20.6. The topological polar surface area (TPSA) is 377 Å². The smallest absolute Gasteiger partial charge is 0.251 e. The van der Waals surface area contributed by atoms with Crippen LogP contribution in [0.1, 0.15) is 92.8 Å². The van der Waals surface area contributed by atoms with Crippen molar-refractivity contribution in [2.45, 2.75) is 145 Å². The largest absolute Gasteiger partial charge is 0.508 e. The minimum Gasteiger partial charge on any atom is -0.508 e. The summed E-state index contributed by atoms with van der Waals surface area (Å²) < 4.78 is 76.0. The van der Waals surface area contributed by atoms with Crippen molar-refractivity contribution in [3.8, 4) is 33.8 Å². The highest BCUT2D eigenvalue weighted by Crippen LogP contribution is 2.30. The molecule has 7 rings (SSSR count). The molecule has 14 N–H and O–H groups in total. The van der Waals surface area contributed by atoms with E-state index < -0.39 is 218 Å². The Morgan fingerprint density at radius 3 is 1.80 bits per heavy atom. The summed E-state index contributed by atoms with van der Waals surface area (Å²) in [5.74, 6) is -10.6. The van der Waals surface area contributed by atoms with Crippen molar-refractivity contribution in [1.29, 1.82) is 0 Å². The summed E-state index contributed by atoms with van der Waals surface area (Å²) in [6.07, 6.45) is -15.4. The minimum absolute atomic E-state index is 0.0161. The third-order valence-electron chi connectivity index (χ3n) is 14.4. The molecular weight excluding hydrogens is 1070 g/mol. The average molecular weight is 1150 g/mol. The quantitative estimate of drug-likeness (QED) is 0.0679. The van der Waals surface area contributed by atoms with E-state index in [1.807, 2.05) is 12.2 Å². The summed E-state index contributed by atoms with van der Waals surface area (Å²) in [6, 6.07) is -8.37. The first-order chi connectivity index (χ1) is 42.3. The number of phenolic OH excluding ortho intramolecular Hbond substituents is 1. The van der Waals surface area contributed by atoms with E-state index in [0.29, 0.717) is 11.3 Å². The first-order valence-corrected chi connectivity index (χ1v) is 26.6. The summed E-state index contributed by atoms with van der Waals surface area (Å²) in [5.41, 5.74) is -1.79. The molecule has 24 nitrogen and oxygen atoms in total. The van der Waals surface area contributed by atoms with Crippen LogP contribution in [0, 0.1) is 5.92 Å². The lowest BCUT2D eigenvalue weighted by Gasteiger charge is -2.34. The van der Waals surface area contributed by atoms with Crippen LogP contribution in [0.4, 0.5) is 0 Å². The van der Waals surface area contributed by atoms with E-state index in [9.17, 15) is 79.5 Å². The molecule has 15 atom stereocenters. The van der Waals surface area contributed by atoms with Gasteiger partial charge in [-0.05, 0) is 84.4 Å². The van der Waals surface area contributed by atoms with Crippen molar-refractivity contribution in [3.63, 3.8) is 0 Å². The maximum absolute atomic E-state index is 14.5. The number of phenols is 1. The third-order valence-corrected chi connectivity index (χ3v) is 14.4. The van der Waals surface area contributed by atoms with Gasteiger partial charge in [-0.2, -0.15) is 0 Å². The van der Waals surface area contributed by atoms with Crippen LogP contribution in [-0.4, -0.2) is 196 Å². The van der Waals surface area contributed by atoms with E-state index in [1.54, 1.807) is 0 Å². The molecule has 3 fully saturated rings. The molecule has 3 aliphatic heterocycles. The van der Waals surface area contributed by atoms with Gasteiger partial charge in [-0.15, -0.1) is 0 Å². The monoisotopic (exact) mass is 1150 g/mol. The SMILES string of the molecule is [2H]c1c([2H])c(-c2c([2H])c([2H])c(-c3ccc(C(=O)N[C@H]4C[C@@H](O)[C@@H](O)NC(=O)[C@@H]5[C@@H](O)[C@@H](C)CN5C(=O)C([C@@H](C)O)NC(=O)C([C@H](O)[C@@H](O)c5ccc(O)cc5)NC(=O)C5C[C@@H](O)CN5C(=O)[C@H]([C@@H](C)O)NC4=O)cc3)c([2H])c2[2H])c([2H])c([2H])c1OCCCCC. The number of rotatable bonds is 14. The fourth-order valence-corrected chi connectivity index (χ4v) is 9.66. The molecule has 0 bridgehead atoms. The average Bonchev–Trinajstić information content (AvgIpc) is 0.975. The lowest BCUT2D eigenvalue weighted by atomic mass is 9.96. The third kappa shape index (κ3) is 14.7. The molecule has 3 aliphatic rings. The van der Waals surface area contributed by atoms with Gasteiger partial charge in [0, 0.05) is 37.4 Å². The molecule has 3 unspecified atom stereocenters. The number of hydrogen-bond acceptors (Lipinski definition) is 17. The lowest BCUT2D eigenvalue weighted by molar-refractivity contribution is -0.148. The maximum Gasteiger partial charge on any atom is 0.251 e. The molecule has 0 spiro atoms. The molecule has 0 aromatic heterocycles. The predicted molar refractivity (Wildman–Crippen MR) is 293 cm³/mol. The number of carbonyl (C=O) groups excluding carboxylic acids is 7. The number of ether oxygens (including phenoxy) is 1. The van der Waals surface area contributed by atoms with Crippen LogP contribution < -0.4 is 31.3 Å². The van der Waals surface area contributed by atoms with Gasteiger partial charge < -0.3 is 87.1 Å². The molecule has 0 radical (unpaired) electrons. The summed E-state index contributed by atoms with van der Waals surface area (Å²) in [6.45, 7) is 4.46. The highest BCUT2D eigenvalue weighted by Gasteiger charge is 2.50. The van der Waals surface area contributed by atoms with E-state index in [1.165, 1.54) is 19.1 Å². The molecule has 4 aromatic rings. The van der Waals surface area contributed by atoms with Gasteiger partial charge in [0.15, 0.2) is 6.23 Å². The number of carbonyl (C=O) groups is 7. The van der Waals surface area contributed by atoms with E-state index in [-0.39, 0.29) is 40.4 Å². The number of fused-ring (bicyclic) bond motifs is 2. The van der Waals surface area contributed by atoms with Gasteiger partial charge in [0.25, 0.3) is 5.91 Å². The molecule has 3 saturated heterocycles. The Morgan fingerprint density at radius 2 is 1.22 bits per heavy atom. The van der Waals surface area contributed by atoms with Crippen molar-refractivity contribution in [2.75, 3.05) is 19.7 Å². The van der Waals surface area contributed by atoms with Crippen LogP contribution in [0.15, 0.2) is 96.9 Å². The Bertz CT molecular complexity index is 3310. The number of aromatic hydroxyl groups is 1. The normalized spacial score (nSPS) is 28.9. The molecular formula is C58H73N7O17. The molecule has 3 heterocycles. The highest BCUT2D eigenvalue weighted by molar-refractivity contribution is 6.00. The fourth-order valence-electron chi connectivity index (χ4n) is 9.66. The van der Waals surface area contributed by atoms with Crippen molar-refractivity contribution in [1.82, 2.24) is 36.4 Å². The first kappa shape index (κ1) is 51.3. The predicted octanol–water partition coefficient (Wildman–Crippen LogP) is -0.927. The van der Waals surface area contributed by atoms with E-state index >= 15 is 0 Å². The van der Waals surface area contributed by atoms with Crippen LogP contribution in [0.25, 0.3) is 22.3 Å². The van der Waals surface area contributed by atoms with Crippen molar-refractivity contribution >= 4 is 41.4 Å². The molecule has 4 aromatic carbocycles. The number of nitrogens with one attached hydrogen (secondary N) is 5. The van der Waals surface area contributed by atoms with Crippen LogP contribution in [-0.2, 0) is 28.8 Å². The zero-order valence-electron chi connectivity index (χ0n) is 53.1. The Kier molecular flexibility index (Phi) is 17.2. The second-order valence-corrected chi connectivity index (χ2v) is 20.6. The van der Waals surface area contributed by atoms with Crippen LogP contribution in [0.2, 0.25) is 0 Å². The molecule has 0 saturated carbocycles. The van der Waals surface area contributed by atoms with Crippen LogP contribution in [0.3, 0.4) is 0 Å². The first-order valence-electron chi connectivity index (χ1n) is 30.6. The number of aliphatic hydroxyl groups excluding tert-OH is 8. The number of amides is 7. The molecule has 7 amide bonds. The number of nitrogens with zero attached hydrogens (tertiary/aromatic N) is 2. The minimum atomic E-state index is -2.41. The Hall–Kier alpha value is -7.55. The number of hydrogen-bond donors (Lipinski definition) is 14. The molecule has 442 valence electrons. The zero-order valence-corrected chi connectivity index (χ0v) is 45.1. The van der Waals surface area contributed by atoms with Gasteiger partial charge in [-0.3, -0.25) is 33.6 Å². The zero-order chi connectivity index (χ0) is 66.7. The Morgan fingerprint density at radius 1 is 0.671 bits per heavy atom. The summed E-state index contributed by atoms with van der Waals surface area (Å²) in [7, 11) is 0.